The van der Waals surface area contributed by atoms with Gasteiger partial charge in [-0.25, -0.2) is 9.18 Å². The van der Waals surface area contributed by atoms with E-state index in [1.807, 2.05) is 0 Å². The van der Waals surface area contributed by atoms with Gasteiger partial charge in [-0.1, -0.05) is 6.07 Å². The Kier molecular flexibility index (Phi) is 4.71. The molecule has 19 heavy (non-hydrogen) atoms. The van der Waals surface area contributed by atoms with E-state index in [9.17, 15) is 22.4 Å². The van der Waals surface area contributed by atoms with Crippen molar-refractivity contribution in [3.05, 3.63) is 29.6 Å². The number of methoxy groups -OCH3 is 2. The normalized spacial score (nSPS) is 12.9. The van der Waals surface area contributed by atoms with Crippen LogP contribution in [0.15, 0.2) is 18.2 Å². The van der Waals surface area contributed by atoms with E-state index in [1.54, 1.807) is 0 Å². The van der Waals surface area contributed by atoms with Gasteiger partial charge in [0.15, 0.2) is 17.7 Å². The fraction of sp³-hybridized carbons (Fsp3) is 0.364. The van der Waals surface area contributed by atoms with Gasteiger partial charge in [-0.15, -0.1) is 13.2 Å². The van der Waals surface area contributed by atoms with E-state index in [-0.39, 0.29) is 5.56 Å². The van der Waals surface area contributed by atoms with Gasteiger partial charge in [0.2, 0.25) is 0 Å². The summed E-state index contributed by atoms with van der Waals surface area (Å²) in [6, 6.07) is 2.57. The first-order valence-electron chi connectivity index (χ1n) is 4.94. The maximum absolute atomic E-state index is 13.2. The summed E-state index contributed by atoms with van der Waals surface area (Å²) in [5, 5.41) is 0. The topological polar surface area (TPSA) is 44.8 Å². The lowest BCUT2D eigenvalue weighted by Crippen LogP contribution is -2.19. The molecule has 0 heterocycles. The average Bonchev–Trinajstić information content (AvgIpc) is 2.32. The number of ether oxygens (including phenoxy) is 3. The first kappa shape index (κ1) is 15.2. The van der Waals surface area contributed by atoms with Crippen molar-refractivity contribution in [1.82, 2.24) is 0 Å². The molecule has 0 bridgehead atoms. The second-order valence-electron chi connectivity index (χ2n) is 3.38. The number of rotatable bonds is 4. The average molecular weight is 282 g/mol. The third kappa shape index (κ3) is 4.09. The minimum Gasteiger partial charge on any atom is -0.467 e. The van der Waals surface area contributed by atoms with Crippen LogP contribution in [0.4, 0.5) is 17.6 Å². The lowest BCUT2D eigenvalue weighted by molar-refractivity contribution is -0.275. The Morgan fingerprint density at radius 1 is 1.26 bits per heavy atom. The minimum absolute atomic E-state index is 0.0185. The van der Waals surface area contributed by atoms with Crippen LogP contribution in [0.3, 0.4) is 0 Å². The van der Waals surface area contributed by atoms with E-state index in [1.165, 1.54) is 0 Å². The van der Waals surface area contributed by atoms with Crippen molar-refractivity contribution in [3.63, 3.8) is 0 Å². The van der Waals surface area contributed by atoms with Gasteiger partial charge < -0.3 is 14.2 Å². The zero-order valence-corrected chi connectivity index (χ0v) is 9.95. The van der Waals surface area contributed by atoms with Crippen LogP contribution in [0.25, 0.3) is 0 Å². The van der Waals surface area contributed by atoms with Gasteiger partial charge in [0.05, 0.1) is 7.11 Å². The van der Waals surface area contributed by atoms with Gasteiger partial charge in [-0.2, -0.15) is 0 Å². The van der Waals surface area contributed by atoms with Crippen LogP contribution in [0.5, 0.6) is 5.75 Å². The van der Waals surface area contributed by atoms with Crippen LogP contribution in [0.1, 0.15) is 11.7 Å². The van der Waals surface area contributed by atoms with Crippen LogP contribution in [-0.4, -0.2) is 26.6 Å². The summed E-state index contributed by atoms with van der Waals surface area (Å²) in [6.45, 7) is 0. The maximum Gasteiger partial charge on any atom is 0.573 e. The number of carbonyl (C=O) groups excluding carboxylic acids is 1. The van der Waals surface area contributed by atoms with Gasteiger partial charge in [0.1, 0.15) is 0 Å². The van der Waals surface area contributed by atoms with E-state index in [0.717, 1.165) is 32.4 Å². The third-order valence-electron chi connectivity index (χ3n) is 2.13. The Hall–Kier alpha value is -1.83. The van der Waals surface area contributed by atoms with Crippen LogP contribution >= 0.6 is 0 Å². The smallest absolute Gasteiger partial charge is 0.467 e. The molecule has 4 nitrogen and oxygen atoms in total. The molecule has 0 aliphatic rings. The molecule has 0 radical (unpaired) electrons. The number of carbonyl (C=O) groups is 1. The SMILES string of the molecule is COC(=O)C(OC)c1ccc(F)c(OC(F)(F)F)c1. The predicted molar refractivity (Wildman–Crippen MR) is 54.8 cm³/mol. The monoisotopic (exact) mass is 282 g/mol. The van der Waals surface area contributed by atoms with Gasteiger partial charge in [-0.3, -0.25) is 0 Å². The summed E-state index contributed by atoms with van der Waals surface area (Å²) in [4.78, 5) is 11.3. The Morgan fingerprint density at radius 2 is 1.89 bits per heavy atom. The lowest BCUT2D eigenvalue weighted by atomic mass is 10.1. The van der Waals surface area contributed by atoms with E-state index >= 15 is 0 Å². The standard InChI is InChI=1S/C11H10F4O4/c1-17-9(10(16)18-2)6-3-4-7(12)8(5-6)19-11(13,14)15/h3-5,9H,1-2H3. The van der Waals surface area contributed by atoms with E-state index in [4.69, 9.17) is 4.74 Å². The highest BCUT2D eigenvalue weighted by atomic mass is 19.4. The maximum atomic E-state index is 13.2. The molecular formula is C11H10F4O4. The molecule has 0 aliphatic heterocycles. The van der Waals surface area contributed by atoms with Crippen molar-refractivity contribution < 1.29 is 36.6 Å². The second-order valence-corrected chi connectivity index (χ2v) is 3.38. The molecule has 0 aromatic heterocycles. The van der Waals surface area contributed by atoms with Crippen molar-refractivity contribution in [2.24, 2.45) is 0 Å². The highest BCUT2D eigenvalue weighted by Gasteiger charge is 2.33. The number of hydrogen-bond donors (Lipinski definition) is 0. The van der Waals surface area contributed by atoms with Crippen LogP contribution in [0.2, 0.25) is 0 Å². The van der Waals surface area contributed by atoms with E-state index < -0.39 is 30.0 Å². The first-order valence-corrected chi connectivity index (χ1v) is 4.94. The Labute approximate surface area is 105 Å². The highest BCUT2D eigenvalue weighted by molar-refractivity contribution is 5.76. The van der Waals surface area contributed by atoms with Crippen molar-refractivity contribution in [3.8, 4) is 5.75 Å². The van der Waals surface area contributed by atoms with Gasteiger partial charge in [0.25, 0.3) is 0 Å². The number of halogens is 4. The number of hydrogen-bond acceptors (Lipinski definition) is 4. The number of benzene rings is 1. The predicted octanol–water partition coefficient (Wildman–Crippen LogP) is 2.58. The molecule has 0 fully saturated rings. The lowest BCUT2D eigenvalue weighted by Gasteiger charge is -2.15. The van der Waals surface area contributed by atoms with Crippen molar-refractivity contribution in [1.29, 1.82) is 0 Å². The summed E-state index contributed by atoms with van der Waals surface area (Å²) >= 11 is 0. The molecule has 1 aromatic rings. The van der Waals surface area contributed by atoms with Crippen molar-refractivity contribution >= 4 is 5.97 Å². The van der Waals surface area contributed by atoms with E-state index in [0.29, 0.717) is 0 Å². The van der Waals surface area contributed by atoms with Crippen molar-refractivity contribution in [2.45, 2.75) is 12.5 Å². The molecule has 0 saturated heterocycles. The zero-order valence-electron chi connectivity index (χ0n) is 9.95. The zero-order chi connectivity index (χ0) is 14.6. The molecule has 0 saturated carbocycles. The van der Waals surface area contributed by atoms with Gasteiger partial charge in [-0.05, 0) is 17.7 Å². The summed E-state index contributed by atoms with van der Waals surface area (Å²) in [7, 11) is 2.25. The third-order valence-corrected chi connectivity index (χ3v) is 2.13. The molecule has 0 amide bonds. The fourth-order valence-corrected chi connectivity index (χ4v) is 1.36. The van der Waals surface area contributed by atoms with Gasteiger partial charge >= 0.3 is 12.3 Å². The highest BCUT2D eigenvalue weighted by Crippen LogP contribution is 2.29. The number of esters is 1. The molecule has 1 unspecified atom stereocenters. The molecule has 106 valence electrons. The fourth-order valence-electron chi connectivity index (χ4n) is 1.36. The van der Waals surface area contributed by atoms with E-state index in [2.05, 4.69) is 9.47 Å². The summed E-state index contributed by atoms with van der Waals surface area (Å²) in [6.07, 6.45) is -6.30. The van der Waals surface area contributed by atoms with Crippen molar-refractivity contribution in [2.75, 3.05) is 14.2 Å². The Balaban J connectivity index is 3.10. The largest absolute Gasteiger partial charge is 0.573 e. The summed E-state index contributed by atoms with van der Waals surface area (Å²) < 4.78 is 62.0. The molecule has 0 N–H and O–H groups in total. The molecule has 8 heteroatoms. The molecule has 1 aromatic carbocycles. The van der Waals surface area contributed by atoms with Crippen LogP contribution < -0.4 is 4.74 Å². The number of alkyl halides is 3. The minimum atomic E-state index is -5.03. The summed E-state index contributed by atoms with van der Waals surface area (Å²) in [5.74, 6) is -3.08. The Bertz CT molecular complexity index is 458. The quantitative estimate of drug-likeness (QED) is 0.629. The van der Waals surface area contributed by atoms with Crippen LogP contribution in [-0.2, 0) is 14.3 Å². The molecule has 1 rings (SSSR count). The second kappa shape index (κ2) is 5.87. The molecule has 0 aliphatic carbocycles. The molecular weight excluding hydrogens is 272 g/mol. The van der Waals surface area contributed by atoms with Gasteiger partial charge in [0, 0.05) is 7.11 Å². The van der Waals surface area contributed by atoms with Crippen LogP contribution in [0, 0.1) is 5.82 Å². The first-order chi connectivity index (χ1) is 8.78. The molecule has 1 atom stereocenters. The Morgan fingerprint density at radius 3 is 2.37 bits per heavy atom. The molecule has 0 spiro atoms. The summed E-state index contributed by atoms with van der Waals surface area (Å²) in [5.41, 5.74) is -0.0185.